The molecule has 2 N–H and O–H groups in total. The summed E-state index contributed by atoms with van der Waals surface area (Å²) < 4.78 is 34.4. The second-order valence-electron chi connectivity index (χ2n) is 7.66. The van der Waals surface area contributed by atoms with Crippen LogP contribution < -0.4 is 14.8 Å². The predicted molar refractivity (Wildman–Crippen MR) is 125 cm³/mol. The molecule has 32 heavy (non-hydrogen) atoms. The van der Waals surface area contributed by atoms with Crippen molar-refractivity contribution in [1.29, 1.82) is 0 Å². The number of benzene rings is 3. The summed E-state index contributed by atoms with van der Waals surface area (Å²) in [7, 11) is -2.61. The molecule has 1 amide bonds. The molecule has 168 valence electrons. The smallest absolute Gasteiger partial charge is 0.244 e. The van der Waals surface area contributed by atoms with Gasteiger partial charge in [0.15, 0.2) is 0 Å². The molecule has 0 saturated heterocycles. The third-order valence-electron chi connectivity index (χ3n) is 5.16. The number of amides is 1. The second kappa shape index (κ2) is 10.4. The zero-order valence-electron chi connectivity index (χ0n) is 18.4. The highest BCUT2D eigenvalue weighted by molar-refractivity contribution is 7.89. The molecule has 0 aliphatic carbocycles. The lowest BCUT2D eigenvalue weighted by Gasteiger charge is -2.22. The van der Waals surface area contributed by atoms with E-state index in [4.69, 9.17) is 4.74 Å². The van der Waals surface area contributed by atoms with E-state index in [1.54, 1.807) is 19.1 Å². The Bertz CT molecular complexity index is 1150. The topological polar surface area (TPSA) is 84.5 Å². The maximum absolute atomic E-state index is 13.3. The number of aryl methyl sites for hydroxylation is 1. The Morgan fingerprint density at radius 1 is 0.969 bits per heavy atom. The number of carbonyl (C=O) groups excluding carboxylic acids is 1. The Labute approximate surface area is 189 Å². The summed E-state index contributed by atoms with van der Waals surface area (Å²) >= 11 is 0. The Kier molecular flexibility index (Phi) is 7.66. The van der Waals surface area contributed by atoms with E-state index in [0.29, 0.717) is 0 Å². The van der Waals surface area contributed by atoms with Gasteiger partial charge < -0.3 is 10.1 Å². The van der Waals surface area contributed by atoms with Crippen molar-refractivity contribution in [2.24, 2.45) is 0 Å². The van der Waals surface area contributed by atoms with Gasteiger partial charge in [-0.05, 0) is 49.1 Å². The molecule has 3 aromatic carbocycles. The molecular formula is C25H28N2O4S. The van der Waals surface area contributed by atoms with Gasteiger partial charge in [-0.25, -0.2) is 8.42 Å². The van der Waals surface area contributed by atoms with Crippen LogP contribution in [0.1, 0.15) is 29.7 Å². The lowest BCUT2D eigenvalue weighted by Crippen LogP contribution is -2.48. The largest absolute Gasteiger partial charge is 0.495 e. The van der Waals surface area contributed by atoms with Crippen LogP contribution in [0.15, 0.2) is 83.8 Å². The van der Waals surface area contributed by atoms with Crippen LogP contribution in [0, 0.1) is 6.92 Å². The fraction of sp³-hybridized carbons (Fsp3) is 0.240. The molecule has 7 heteroatoms. The first-order valence-electron chi connectivity index (χ1n) is 10.4. The first-order valence-corrected chi connectivity index (χ1v) is 11.8. The molecule has 0 bridgehead atoms. The fourth-order valence-electron chi connectivity index (χ4n) is 3.42. The SMILES string of the molecule is COc1ccc(C)cc1S(=O)(=O)N[C@H](Cc1ccccc1)C(=O)N[C@@H](C)c1ccccc1. The van der Waals surface area contributed by atoms with Crippen LogP contribution in [0.25, 0.3) is 0 Å². The number of hydrogen-bond donors (Lipinski definition) is 2. The molecule has 0 spiro atoms. The molecule has 0 aromatic heterocycles. The van der Waals surface area contributed by atoms with Crippen LogP contribution in [-0.2, 0) is 21.2 Å². The fourth-order valence-corrected chi connectivity index (χ4v) is 4.87. The number of sulfonamides is 1. The summed E-state index contributed by atoms with van der Waals surface area (Å²) in [6.07, 6.45) is 0.210. The highest BCUT2D eigenvalue weighted by atomic mass is 32.2. The zero-order valence-corrected chi connectivity index (χ0v) is 19.2. The first-order chi connectivity index (χ1) is 15.3. The van der Waals surface area contributed by atoms with Gasteiger partial charge in [0.25, 0.3) is 0 Å². The van der Waals surface area contributed by atoms with Crippen molar-refractivity contribution in [1.82, 2.24) is 10.0 Å². The summed E-state index contributed by atoms with van der Waals surface area (Å²) in [5, 5.41) is 2.93. The van der Waals surface area contributed by atoms with E-state index < -0.39 is 22.0 Å². The van der Waals surface area contributed by atoms with Gasteiger partial charge in [0.1, 0.15) is 16.7 Å². The lowest BCUT2D eigenvalue weighted by atomic mass is 10.0. The van der Waals surface area contributed by atoms with Gasteiger partial charge in [0.2, 0.25) is 15.9 Å². The molecule has 0 saturated carbocycles. The normalized spacial score (nSPS) is 13.2. The standard InChI is InChI=1S/C25H28N2O4S/c1-18-14-15-23(31-3)24(16-18)32(29,30)27-22(17-20-10-6-4-7-11-20)25(28)26-19(2)21-12-8-5-9-13-21/h4-16,19,22,27H,17H2,1-3H3,(H,26,28)/t19-,22+/m0/s1. The summed E-state index contributed by atoms with van der Waals surface area (Å²) in [5.74, 6) is -0.181. The molecule has 0 radical (unpaired) electrons. The molecule has 0 fully saturated rings. The maximum atomic E-state index is 13.3. The van der Waals surface area contributed by atoms with Gasteiger partial charge in [0, 0.05) is 0 Å². The van der Waals surface area contributed by atoms with Crippen molar-refractivity contribution in [3.05, 3.63) is 95.6 Å². The zero-order chi connectivity index (χ0) is 23.1. The van der Waals surface area contributed by atoms with E-state index in [1.165, 1.54) is 13.2 Å². The Balaban J connectivity index is 1.89. The second-order valence-corrected chi connectivity index (χ2v) is 9.34. The van der Waals surface area contributed by atoms with Crippen LogP contribution in [0.2, 0.25) is 0 Å². The van der Waals surface area contributed by atoms with Crippen LogP contribution in [-0.4, -0.2) is 27.5 Å². The third kappa shape index (κ3) is 5.96. The average molecular weight is 453 g/mol. The Morgan fingerprint density at radius 3 is 2.22 bits per heavy atom. The molecule has 0 unspecified atom stereocenters. The van der Waals surface area contributed by atoms with E-state index in [2.05, 4.69) is 10.0 Å². The number of rotatable bonds is 9. The van der Waals surface area contributed by atoms with Gasteiger partial charge in [0.05, 0.1) is 13.2 Å². The maximum Gasteiger partial charge on any atom is 0.244 e. The number of nitrogens with one attached hydrogen (secondary N) is 2. The highest BCUT2D eigenvalue weighted by Crippen LogP contribution is 2.25. The quantitative estimate of drug-likeness (QED) is 0.518. The molecule has 0 aliphatic heterocycles. The molecular weight excluding hydrogens is 424 g/mol. The van der Waals surface area contributed by atoms with Crippen molar-refractivity contribution in [2.75, 3.05) is 7.11 Å². The average Bonchev–Trinajstić information content (AvgIpc) is 2.79. The van der Waals surface area contributed by atoms with E-state index in [9.17, 15) is 13.2 Å². The van der Waals surface area contributed by atoms with Crippen molar-refractivity contribution < 1.29 is 17.9 Å². The van der Waals surface area contributed by atoms with Crippen LogP contribution in [0.5, 0.6) is 5.75 Å². The van der Waals surface area contributed by atoms with Crippen molar-refractivity contribution in [3.8, 4) is 5.75 Å². The van der Waals surface area contributed by atoms with Gasteiger partial charge in [-0.3, -0.25) is 4.79 Å². The van der Waals surface area contributed by atoms with Crippen LogP contribution in [0.4, 0.5) is 0 Å². The summed E-state index contributed by atoms with van der Waals surface area (Å²) in [6, 6.07) is 22.5. The van der Waals surface area contributed by atoms with E-state index in [1.807, 2.05) is 67.6 Å². The van der Waals surface area contributed by atoms with Crippen LogP contribution >= 0.6 is 0 Å². The van der Waals surface area contributed by atoms with Gasteiger partial charge in [-0.15, -0.1) is 0 Å². The van der Waals surface area contributed by atoms with Crippen LogP contribution in [0.3, 0.4) is 0 Å². The number of methoxy groups -OCH3 is 1. The van der Waals surface area contributed by atoms with Crippen molar-refractivity contribution in [2.45, 2.75) is 37.2 Å². The molecule has 2 atom stereocenters. The molecule has 3 rings (SSSR count). The van der Waals surface area contributed by atoms with Crippen molar-refractivity contribution >= 4 is 15.9 Å². The number of hydrogen-bond acceptors (Lipinski definition) is 4. The van der Waals surface area contributed by atoms with Gasteiger partial charge in [-0.1, -0.05) is 66.7 Å². The Hall–Kier alpha value is -3.16. The minimum atomic E-state index is -4.03. The number of ether oxygens (including phenoxy) is 1. The predicted octanol–water partition coefficient (Wildman–Crippen LogP) is 3.77. The highest BCUT2D eigenvalue weighted by Gasteiger charge is 2.29. The van der Waals surface area contributed by atoms with Gasteiger partial charge in [-0.2, -0.15) is 4.72 Å². The van der Waals surface area contributed by atoms with E-state index >= 15 is 0 Å². The summed E-state index contributed by atoms with van der Waals surface area (Å²) in [6.45, 7) is 3.67. The van der Waals surface area contributed by atoms with E-state index in [0.717, 1.165) is 16.7 Å². The molecule has 0 aliphatic rings. The summed E-state index contributed by atoms with van der Waals surface area (Å²) in [4.78, 5) is 13.2. The number of carbonyl (C=O) groups is 1. The minimum absolute atomic E-state index is 0.00182. The van der Waals surface area contributed by atoms with Gasteiger partial charge >= 0.3 is 0 Å². The monoisotopic (exact) mass is 452 g/mol. The third-order valence-corrected chi connectivity index (χ3v) is 6.66. The van der Waals surface area contributed by atoms with E-state index in [-0.39, 0.29) is 23.1 Å². The summed E-state index contributed by atoms with van der Waals surface area (Å²) in [5.41, 5.74) is 2.55. The van der Waals surface area contributed by atoms with Crippen molar-refractivity contribution in [3.63, 3.8) is 0 Å². The Morgan fingerprint density at radius 2 is 1.59 bits per heavy atom. The first kappa shape index (κ1) is 23.5. The molecule has 6 nitrogen and oxygen atoms in total. The molecule has 3 aromatic rings. The minimum Gasteiger partial charge on any atom is -0.495 e. The lowest BCUT2D eigenvalue weighted by molar-refractivity contribution is -0.123. The molecule has 0 heterocycles.